The summed E-state index contributed by atoms with van der Waals surface area (Å²) in [6.07, 6.45) is 5.91. The third-order valence-corrected chi connectivity index (χ3v) is 9.39. The predicted molar refractivity (Wildman–Crippen MR) is 183 cm³/mol. The average Bonchev–Trinajstić information content (AvgIpc) is 3.08. The largest absolute Gasteiger partial charge is 0.463 e. The standard InChI is InChI=1S/C37H68O12/c1-5-8-11-12-13-14-15-16-17-18-19-20-21-23-28(38)45-25-27-30(40)31(41)35(37(47-27)44-24-10-7-3)49-36-33(43)32(42)34(26(4)46-36)48-29(39)22-9-6-2/h26-27,30-37,40-43H,5-25H2,1-4H3/t26-,27+,30+,31+,32+,33-,34+,35-,36-,37+/m1/s1. The van der Waals surface area contributed by atoms with Gasteiger partial charge in [0.15, 0.2) is 18.7 Å². The van der Waals surface area contributed by atoms with E-state index in [2.05, 4.69) is 6.92 Å². The third kappa shape index (κ3) is 16.2. The van der Waals surface area contributed by atoms with Crippen molar-refractivity contribution in [2.24, 2.45) is 0 Å². The van der Waals surface area contributed by atoms with E-state index in [9.17, 15) is 30.0 Å². The van der Waals surface area contributed by atoms with Crippen LogP contribution in [-0.4, -0.2) is 107 Å². The molecule has 0 bridgehead atoms. The van der Waals surface area contributed by atoms with Gasteiger partial charge in [-0.1, -0.05) is 111 Å². The van der Waals surface area contributed by atoms with Crippen molar-refractivity contribution in [3.05, 3.63) is 0 Å². The zero-order valence-corrected chi connectivity index (χ0v) is 30.7. The zero-order chi connectivity index (χ0) is 36.0. The monoisotopic (exact) mass is 704 g/mol. The molecule has 0 radical (unpaired) electrons. The molecule has 288 valence electrons. The molecule has 0 amide bonds. The fourth-order valence-electron chi connectivity index (χ4n) is 6.17. The van der Waals surface area contributed by atoms with E-state index in [4.69, 9.17) is 28.4 Å². The van der Waals surface area contributed by atoms with E-state index in [1.165, 1.54) is 64.2 Å². The number of unbranched alkanes of at least 4 members (excludes halogenated alkanes) is 14. The quantitative estimate of drug-likeness (QED) is 0.0684. The highest BCUT2D eigenvalue weighted by atomic mass is 16.8. The lowest BCUT2D eigenvalue weighted by atomic mass is 9.97. The molecule has 2 aliphatic heterocycles. The average molecular weight is 705 g/mol. The van der Waals surface area contributed by atoms with Gasteiger partial charge in [-0.2, -0.15) is 0 Å². The minimum atomic E-state index is -1.63. The number of hydrogen-bond donors (Lipinski definition) is 4. The van der Waals surface area contributed by atoms with Crippen molar-refractivity contribution < 1.29 is 58.4 Å². The number of carbonyl (C=O) groups excluding carboxylic acids is 2. The maximum Gasteiger partial charge on any atom is 0.306 e. The lowest BCUT2D eigenvalue weighted by Crippen LogP contribution is -2.64. The van der Waals surface area contributed by atoms with Gasteiger partial charge in [-0.15, -0.1) is 0 Å². The second kappa shape index (κ2) is 25.6. The third-order valence-electron chi connectivity index (χ3n) is 9.39. The van der Waals surface area contributed by atoms with Crippen molar-refractivity contribution in [3.63, 3.8) is 0 Å². The summed E-state index contributed by atoms with van der Waals surface area (Å²) in [6, 6.07) is 0. The molecule has 49 heavy (non-hydrogen) atoms. The summed E-state index contributed by atoms with van der Waals surface area (Å²) in [5.41, 5.74) is 0. The van der Waals surface area contributed by atoms with Gasteiger partial charge in [0, 0.05) is 19.4 Å². The summed E-state index contributed by atoms with van der Waals surface area (Å²) in [5.74, 6) is -0.908. The molecular weight excluding hydrogens is 636 g/mol. The number of carbonyl (C=O) groups is 2. The van der Waals surface area contributed by atoms with Gasteiger partial charge in [0.25, 0.3) is 0 Å². The predicted octanol–water partition coefficient (Wildman–Crippen LogP) is 5.23. The van der Waals surface area contributed by atoms with Crippen LogP contribution in [0.25, 0.3) is 0 Å². The van der Waals surface area contributed by atoms with Gasteiger partial charge >= 0.3 is 11.9 Å². The molecule has 2 rings (SSSR count). The maximum atomic E-state index is 12.5. The first-order chi connectivity index (χ1) is 23.6. The minimum Gasteiger partial charge on any atom is -0.463 e. The minimum absolute atomic E-state index is 0.179. The Bertz CT molecular complexity index is 874. The smallest absolute Gasteiger partial charge is 0.306 e. The number of esters is 2. The summed E-state index contributed by atoms with van der Waals surface area (Å²) in [7, 11) is 0. The number of hydrogen-bond acceptors (Lipinski definition) is 12. The van der Waals surface area contributed by atoms with Gasteiger partial charge in [-0.25, -0.2) is 0 Å². The van der Waals surface area contributed by atoms with Gasteiger partial charge in [-0.05, 0) is 26.2 Å². The topological polar surface area (TPSA) is 170 Å². The van der Waals surface area contributed by atoms with Gasteiger partial charge in [0.1, 0.15) is 43.2 Å². The summed E-state index contributed by atoms with van der Waals surface area (Å²) in [4.78, 5) is 24.6. The van der Waals surface area contributed by atoms with Crippen LogP contribution in [0.3, 0.4) is 0 Å². The molecule has 2 saturated heterocycles. The van der Waals surface area contributed by atoms with Crippen LogP contribution >= 0.6 is 0 Å². The van der Waals surface area contributed by atoms with Crippen LogP contribution in [0.5, 0.6) is 0 Å². The van der Waals surface area contributed by atoms with Crippen molar-refractivity contribution in [1.82, 2.24) is 0 Å². The molecule has 0 aromatic carbocycles. The Morgan fingerprint density at radius 2 is 1.10 bits per heavy atom. The summed E-state index contributed by atoms with van der Waals surface area (Å²) in [5, 5.41) is 43.6. The Balaban J connectivity index is 1.79. The molecule has 12 heteroatoms. The first kappa shape index (κ1) is 43.8. The molecule has 0 spiro atoms. The van der Waals surface area contributed by atoms with Crippen molar-refractivity contribution in [2.45, 2.75) is 211 Å². The van der Waals surface area contributed by atoms with Gasteiger partial charge in [-0.3, -0.25) is 9.59 Å². The molecule has 0 aromatic rings. The molecule has 0 aliphatic carbocycles. The lowest BCUT2D eigenvalue weighted by Gasteiger charge is -2.46. The van der Waals surface area contributed by atoms with E-state index in [1.807, 2.05) is 13.8 Å². The second-order valence-electron chi connectivity index (χ2n) is 13.8. The molecule has 0 aromatic heterocycles. The van der Waals surface area contributed by atoms with Crippen molar-refractivity contribution in [2.75, 3.05) is 13.2 Å². The molecule has 10 atom stereocenters. The van der Waals surface area contributed by atoms with Gasteiger partial charge in [0.2, 0.25) is 0 Å². The van der Waals surface area contributed by atoms with Gasteiger partial charge < -0.3 is 48.8 Å². The van der Waals surface area contributed by atoms with Crippen LogP contribution in [-0.2, 0) is 38.0 Å². The highest BCUT2D eigenvalue weighted by molar-refractivity contribution is 5.69. The first-order valence-corrected chi connectivity index (χ1v) is 19.3. The van der Waals surface area contributed by atoms with Crippen molar-refractivity contribution >= 4 is 11.9 Å². The lowest BCUT2D eigenvalue weighted by molar-refractivity contribution is -0.365. The van der Waals surface area contributed by atoms with Crippen molar-refractivity contribution in [3.8, 4) is 0 Å². The Kier molecular flexibility index (Phi) is 22.8. The molecule has 12 nitrogen and oxygen atoms in total. The van der Waals surface area contributed by atoms with Crippen LogP contribution in [0, 0.1) is 0 Å². The fraction of sp³-hybridized carbons (Fsp3) is 0.946. The van der Waals surface area contributed by atoms with E-state index in [-0.39, 0.29) is 26.1 Å². The van der Waals surface area contributed by atoms with E-state index in [0.29, 0.717) is 12.8 Å². The zero-order valence-electron chi connectivity index (χ0n) is 30.7. The first-order valence-electron chi connectivity index (χ1n) is 19.3. The van der Waals surface area contributed by atoms with Crippen LogP contribution in [0.2, 0.25) is 0 Å². The van der Waals surface area contributed by atoms with E-state index in [0.717, 1.165) is 32.1 Å². The number of ether oxygens (including phenoxy) is 6. The molecule has 2 aliphatic rings. The van der Waals surface area contributed by atoms with Crippen LogP contribution in [0.4, 0.5) is 0 Å². The molecule has 4 N–H and O–H groups in total. The van der Waals surface area contributed by atoms with E-state index in [1.54, 1.807) is 6.92 Å². The van der Waals surface area contributed by atoms with Crippen LogP contribution in [0.15, 0.2) is 0 Å². The fourth-order valence-corrected chi connectivity index (χ4v) is 6.17. The maximum absolute atomic E-state index is 12.5. The highest BCUT2D eigenvalue weighted by Gasteiger charge is 2.51. The molecule has 0 saturated carbocycles. The SMILES string of the molecule is CCCCCCCCCCCCCCCC(=O)OC[C@@H]1O[C@H](OCCCC)[C@H](O[C@H]2O[C@H](C)[C@H](OC(=O)CCCC)[C@@H](O)[C@H]2O)[C@@H](O)[C@H]1O. The summed E-state index contributed by atoms with van der Waals surface area (Å²) in [6.45, 7) is 7.72. The summed E-state index contributed by atoms with van der Waals surface area (Å²) < 4.78 is 34.2. The molecule has 2 fully saturated rings. The van der Waals surface area contributed by atoms with Crippen LogP contribution in [0.1, 0.15) is 150 Å². The number of aliphatic hydroxyl groups is 4. The van der Waals surface area contributed by atoms with Crippen molar-refractivity contribution in [1.29, 1.82) is 0 Å². The van der Waals surface area contributed by atoms with Gasteiger partial charge in [0.05, 0.1) is 6.10 Å². The second-order valence-corrected chi connectivity index (χ2v) is 13.8. The van der Waals surface area contributed by atoms with E-state index < -0.39 is 73.4 Å². The molecular formula is C37H68O12. The van der Waals surface area contributed by atoms with E-state index >= 15 is 0 Å². The Labute approximate surface area is 294 Å². The normalized spacial score (nSPS) is 30.3. The molecule has 2 heterocycles. The number of rotatable bonds is 26. The molecule has 0 unspecified atom stereocenters. The Morgan fingerprint density at radius 3 is 1.69 bits per heavy atom. The highest BCUT2D eigenvalue weighted by Crippen LogP contribution is 2.31. The number of aliphatic hydroxyl groups excluding tert-OH is 4. The Hall–Kier alpha value is -1.38. The Morgan fingerprint density at radius 1 is 0.571 bits per heavy atom. The summed E-state index contributed by atoms with van der Waals surface area (Å²) >= 11 is 0. The van der Waals surface area contributed by atoms with Crippen LogP contribution < -0.4 is 0 Å².